The van der Waals surface area contributed by atoms with Gasteiger partial charge in [0.25, 0.3) is 0 Å². The summed E-state index contributed by atoms with van der Waals surface area (Å²) >= 11 is 0. The fourth-order valence-corrected chi connectivity index (χ4v) is 3.48. The van der Waals surface area contributed by atoms with Crippen molar-refractivity contribution in [3.05, 3.63) is 50.9 Å². The first-order valence-corrected chi connectivity index (χ1v) is 8.42. The Bertz CT molecular complexity index is 686. The number of ether oxygens (including phenoxy) is 1. The molecule has 0 saturated heterocycles. The molecule has 1 aliphatic carbocycles. The number of carbonyl (C=O) groups excluding carboxylic acids is 1. The summed E-state index contributed by atoms with van der Waals surface area (Å²) in [4.78, 5) is 26.9. The molecule has 3 rings (SSSR count). The standard InChI is InChI=1S/C16H20N6O3/c17-21-18-9-12-14(16(23)20-24)22-8-4-7-13(15(22)19-12)25-10-11-5-2-1-3-6-11/h4,7-8,11,15,19H,1-3,5-6,9-10H2. The highest BCUT2D eigenvalue weighted by Gasteiger charge is 2.38. The number of nitroso groups, excluding NO2 is 1. The molecule has 3 aliphatic rings. The molecule has 2 heterocycles. The van der Waals surface area contributed by atoms with Gasteiger partial charge in [-0.05, 0) is 36.4 Å². The molecule has 1 amide bonds. The van der Waals surface area contributed by atoms with Crippen molar-refractivity contribution in [2.75, 3.05) is 13.2 Å². The molecule has 1 N–H and O–H groups in total. The zero-order valence-electron chi connectivity index (χ0n) is 13.8. The van der Waals surface area contributed by atoms with Gasteiger partial charge in [0, 0.05) is 22.0 Å². The van der Waals surface area contributed by atoms with Crippen molar-refractivity contribution in [1.82, 2.24) is 10.2 Å². The number of nitrogens with zero attached hydrogens (tertiary/aromatic N) is 5. The Morgan fingerprint density at radius 3 is 2.92 bits per heavy atom. The van der Waals surface area contributed by atoms with Crippen LogP contribution in [0, 0.1) is 10.8 Å². The molecule has 1 fully saturated rings. The van der Waals surface area contributed by atoms with Gasteiger partial charge in [-0.3, -0.25) is 4.79 Å². The summed E-state index contributed by atoms with van der Waals surface area (Å²) < 4.78 is 6.01. The van der Waals surface area contributed by atoms with E-state index >= 15 is 0 Å². The van der Waals surface area contributed by atoms with Crippen LogP contribution >= 0.6 is 0 Å². The first-order valence-electron chi connectivity index (χ1n) is 8.42. The van der Waals surface area contributed by atoms with Crippen molar-refractivity contribution >= 4 is 5.91 Å². The molecule has 0 bridgehead atoms. The molecule has 1 unspecified atom stereocenters. The zero-order chi connectivity index (χ0) is 17.6. The number of azide groups is 1. The smallest absolute Gasteiger partial charge is 0.334 e. The number of carbonyl (C=O) groups is 1. The van der Waals surface area contributed by atoms with Crippen LogP contribution in [-0.4, -0.2) is 30.1 Å². The fraction of sp³-hybridized carbons (Fsp3) is 0.562. The third-order valence-corrected chi connectivity index (χ3v) is 4.70. The zero-order valence-corrected chi connectivity index (χ0v) is 13.8. The molecule has 0 aromatic rings. The highest BCUT2D eigenvalue weighted by atomic mass is 16.5. The fourth-order valence-electron chi connectivity index (χ4n) is 3.48. The average molecular weight is 344 g/mol. The topological polar surface area (TPSA) is 120 Å². The van der Waals surface area contributed by atoms with E-state index in [9.17, 15) is 9.70 Å². The van der Waals surface area contributed by atoms with E-state index in [4.69, 9.17) is 10.3 Å². The predicted molar refractivity (Wildman–Crippen MR) is 90.4 cm³/mol. The van der Waals surface area contributed by atoms with Gasteiger partial charge in [-0.25, -0.2) is 0 Å². The second-order valence-corrected chi connectivity index (χ2v) is 6.29. The van der Waals surface area contributed by atoms with Crippen molar-refractivity contribution in [3.63, 3.8) is 0 Å². The van der Waals surface area contributed by atoms with Crippen molar-refractivity contribution < 1.29 is 9.53 Å². The molecule has 0 aromatic heterocycles. The van der Waals surface area contributed by atoms with Crippen molar-refractivity contribution in [2.45, 2.75) is 38.3 Å². The largest absolute Gasteiger partial charge is 0.493 e. The third kappa shape index (κ3) is 3.66. The van der Waals surface area contributed by atoms with Crippen LogP contribution in [0.1, 0.15) is 32.1 Å². The number of amides is 1. The molecule has 2 aliphatic heterocycles. The van der Waals surface area contributed by atoms with Gasteiger partial charge in [-0.2, -0.15) is 0 Å². The van der Waals surface area contributed by atoms with E-state index in [1.54, 1.807) is 17.2 Å². The molecule has 25 heavy (non-hydrogen) atoms. The second-order valence-electron chi connectivity index (χ2n) is 6.29. The van der Waals surface area contributed by atoms with Crippen molar-refractivity contribution in [2.24, 2.45) is 16.2 Å². The Morgan fingerprint density at radius 1 is 1.40 bits per heavy atom. The van der Waals surface area contributed by atoms with Gasteiger partial charge < -0.3 is 15.0 Å². The number of fused-ring (bicyclic) bond motifs is 1. The van der Waals surface area contributed by atoms with Gasteiger partial charge in [0.05, 0.1) is 13.2 Å². The van der Waals surface area contributed by atoms with Crippen LogP contribution < -0.4 is 5.32 Å². The summed E-state index contributed by atoms with van der Waals surface area (Å²) in [5, 5.41) is 9.09. The summed E-state index contributed by atoms with van der Waals surface area (Å²) in [6.45, 7) is 0.566. The van der Waals surface area contributed by atoms with Gasteiger partial charge in [-0.1, -0.05) is 24.4 Å². The maximum Gasteiger partial charge on any atom is 0.334 e. The minimum atomic E-state index is -0.906. The van der Waals surface area contributed by atoms with Gasteiger partial charge in [0.15, 0.2) is 6.17 Å². The lowest BCUT2D eigenvalue weighted by Gasteiger charge is -2.30. The summed E-state index contributed by atoms with van der Waals surface area (Å²) in [5.41, 5.74) is 8.98. The number of rotatable bonds is 6. The van der Waals surface area contributed by atoms with Crippen molar-refractivity contribution in [1.29, 1.82) is 0 Å². The molecule has 0 radical (unpaired) electrons. The van der Waals surface area contributed by atoms with Crippen LogP contribution in [-0.2, 0) is 9.53 Å². The lowest BCUT2D eigenvalue weighted by molar-refractivity contribution is -0.115. The summed E-state index contributed by atoms with van der Waals surface area (Å²) in [7, 11) is 0. The Hall–Kier alpha value is -2.80. The first-order chi connectivity index (χ1) is 12.2. The predicted octanol–water partition coefficient (Wildman–Crippen LogP) is 3.04. The lowest BCUT2D eigenvalue weighted by Crippen LogP contribution is -2.39. The van der Waals surface area contributed by atoms with Crippen LogP contribution in [0.3, 0.4) is 0 Å². The van der Waals surface area contributed by atoms with E-state index in [1.165, 1.54) is 32.1 Å². The number of hydrogen-bond donors (Lipinski definition) is 1. The molecular weight excluding hydrogens is 324 g/mol. The molecule has 0 spiro atoms. The van der Waals surface area contributed by atoms with E-state index in [0.29, 0.717) is 24.0 Å². The molecule has 1 atom stereocenters. The monoisotopic (exact) mass is 344 g/mol. The van der Waals surface area contributed by atoms with E-state index in [-0.39, 0.29) is 12.2 Å². The van der Waals surface area contributed by atoms with Crippen LogP contribution in [0.25, 0.3) is 10.4 Å². The molecule has 132 valence electrons. The highest BCUT2D eigenvalue weighted by Crippen LogP contribution is 2.31. The minimum Gasteiger partial charge on any atom is -0.493 e. The molecule has 9 heteroatoms. The Labute approximate surface area is 145 Å². The maximum atomic E-state index is 11.9. The summed E-state index contributed by atoms with van der Waals surface area (Å²) in [6, 6.07) is 0. The summed E-state index contributed by atoms with van der Waals surface area (Å²) in [6.07, 6.45) is 10.9. The lowest BCUT2D eigenvalue weighted by atomic mass is 9.90. The van der Waals surface area contributed by atoms with Gasteiger partial charge in [0.1, 0.15) is 11.5 Å². The molecule has 0 aromatic carbocycles. The van der Waals surface area contributed by atoms with Gasteiger partial charge in [0.2, 0.25) is 0 Å². The Kier molecular flexibility index (Phi) is 5.35. The third-order valence-electron chi connectivity index (χ3n) is 4.70. The van der Waals surface area contributed by atoms with E-state index < -0.39 is 12.1 Å². The molecule has 9 nitrogen and oxygen atoms in total. The minimum absolute atomic E-state index is 0.0656. The number of hydrogen-bond acceptors (Lipinski definition) is 6. The highest BCUT2D eigenvalue weighted by molar-refractivity contribution is 5.95. The maximum absolute atomic E-state index is 11.9. The number of allylic oxidation sites excluding steroid dienone is 2. The van der Waals surface area contributed by atoms with Crippen LogP contribution in [0.5, 0.6) is 0 Å². The van der Waals surface area contributed by atoms with Gasteiger partial charge >= 0.3 is 5.91 Å². The molecule has 1 saturated carbocycles. The quantitative estimate of drug-likeness (QED) is 0.344. The normalized spacial score (nSPS) is 22.6. The van der Waals surface area contributed by atoms with Crippen LogP contribution in [0.15, 0.2) is 45.8 Å². The van der Waals surface area contributed by atoms with Gasteiger partial charge in [-0.15, -0.1) is 4.91 Å². The summed E-state index contributed by atoms with van der Waals surface area (Å²) in [5.74, 6) is 0.306. The molecular formula is C16H20N6O3. The Balaban J connectivity index is 1.72. The van der Waals surface area contributed by atoms with Crippen molar-refractivity contribution in [3.8, 4) is 0 Å². The van der Waals surface area contributed by atoms with E-state index in [0.717, 1.165) is 0 Å². The first kappa shape index (κ1) is 17.0. The van der Waals surface area contributed by atoms with E-state index in [1.807, 2.05) is 6.08 Å². The SMILES string of the molecule is [N-]=[N+]=NCC1=C(C(=O)N=O)N2C=CC=C(OCC3CCCCC3)C2N1. The number of nitrogens with one attached hydrogen (secondary N) is 1. The van der Waals surface area contributed by atoms with E-state index in [2.05, 4.69) is 20.5 Å². The average Bonchev–Trinajstić information content (AvgIpc) is 3.03. The van der Waals surface area contributed by atoms with Crippen LogP contribution in [0.4, 0.5) is 0 Å². The second kappa shape index (κ2) is 7.85. The Morgan fingerprint density at radius 2 is 2.20 bits per heavy atom. The van der Waals surface area contributed by atoms with Crippen LogP contribution in [0.2, 0.25) is 0 Å².